The van der Waals surface area contributed by atoms with Gasteiger partial charge in [0.2, 0.25) is 0 Å². The maximum atomic E-state index is 8.95. The molecular weight excluding hydrogens is 282 g/mol. The van der Waals surface area contributed by atoms with Crippen molar-refractivity contribution in [3.8, 4) is 0 Å². The first kappa shape index (κ1) is 22.1. The molecule has 0 fully saturated rings. The topological polar surface area (TPSA) is 23.5 Å². The van der Waals surface area contributed by atoms with Gasteiger partial charge in [0.05, 0.1) is 6.61 Å². The van der Waals surface area contributed by atoms with Gasteiger partial charge in [-0.25, -0.2) is 0 Å². The molecule has 0 saturated heterocycles. The normalized spacial score (nSPS) is 13.3. The van der Waals surface area contributed by atoms with Gasteiger partial charge in [0.1, 0.15) is 0 Å². The lowest BCUT2D eigenvalue weighted by Gasteiger charge is -2.31. The van der Waals surface area contributed by atoms with Gasteiger partial charge in [0, 0.05) is 18.6 Å². The highest BCUT2D eigenvalue weighted by Crippen LogP contribution is 2.16. The number of nitrogens with zero attached hydrogens (tertiary/aromatic N) is 1. The van der Waals surface area contributed by atoms with E-state index in [1.807, 2.05) is 6.08 Å². The molecule has 134 valence electrons. The lowest BCUT2D eigenvalue weighted by molar-refractivity contribution is 0.190. The van der Waals surface area contributed by atoms with Gasteiger partial charge in [-0.1, -0.05) is 34.9 Å². The minimum Gasteiger partial charge on any atom is -0.392 e. The Morgan fingerprint density at radius 3 is 1.91 bits per heavy atom. The summed E-state index contributed by atoms with van der Waals surface area (Å²) in [5.41, 5.74) is 4.22. The lowest BCUT2D eigenvalue weighted by atomic mass is 10.0. The van der Waals surface area contributed by atoms with Crippen LogP contribution in [0.25, 0.3) is 0 Å². The Labute approximate surface area is 145 Å². The van der Waals surface area contributed by atoms with Crippen molar-refractivity contribution in [1.29, 1.82) is 0 Å². The van der Waals surface area contributed by atoms with Gasteiger partial charge >= 0.3 is 0 Å². The third-order valence-corrected chi connectivity index (χ3v) is 4.14. The van der Waals surface area contributed by atoms with E-state index in [0.717, 1.165) is 32.2 Å². The fourth-order valence-electron chi connectivity index (χ4n) is 2.75. The average molecular weight is 322 g/mol. The molecule has 0 radical (unpaired) electrons. The molecule has 1 N–H and O–H groups in total. The van der Waals surface area contributed by atoms with Crippen LogP contribution in [0.2, 0.25) is 0 Å². The van der Waals surface area contributed by atoms with Crippen LogP contribution in [-0.4, -0.2) is 35.2 Å². The number of hydrogen-bond donors (Lipinski definition) is 1. The lowest BCUT2D eigenvalue weighted by Crippen LogP contribution is -2.38. The standard InChI is InChI=1S/C21H39NO/c1-17(2)10-8-12-21(13-9-11-20(7)14-15-23)16-22(18(3)4)19(5)6/h10,13-14,18-19,23H,8-9,11-12,15-16H2,1-7H3. The van der Waals surface area contributed by atoms with Gasteiger partial charge in [0.25, 0.3) is 0 Å². The Morgan fingerprint density at radius 1 is 0.870 bits per heavy atom. The van der Waals surface area contributed by atoms with Crippen LogP contribution in [0.4, 0.5) is 0 Å². The Morgan fingerprint density at radius 2 is 1.43 bits per heavy atom. The average Bonchev–Trinajstić information content (AvgIpc) is 2.43. The fourth-order valence-corrected chi connectivity index (χ4v) is 2.75. The number of rotatable bonds is 11. The first-order valence-electron chi connectivity index (χ1n) is 9.11. The second kappa shape index (κ2) is 12.5. The summed E-state index contributed by atoms with van der Waals surface area (Å²) in [4.78, 5) is 2.56. The van der Waals surface area contributed by atoms with Gasteiger partial charge in [-0.3, -0.25) is 4.90 Å². The highest BCUT2D eigenvalue weighted by Gasteiger charge is 2.14. The van der Waals surface area contributed by atoms with E-state index in [4.69, 9.17) is 5.11 Å². The molecule has 0 unspecified atom stereocenters. The molecule has 0 atom stereocenters. The van der Waals surface area contributed by atoms with Crippen molar-refractivity contribution in [1.82, 2.24) is 4.90 Å². The van der Waals surface area contributed by atoms with Crippen LogP contribution < -0.4 is 0 Å². The molecule has 0 aliphatic heterocycles. The molecule has 0 heterocycles. The summed E-state index contributed by atoms with van der Waals surface area (Å²) in [6.45, 7) is 16.8. The second-order valence-electron chi connectivity index (χ2n) is 7.31. The monoisotopic (exact) mass is 321 g/mol. The highest BCUT2D eigenvalue weighted by molar-refractivity contribution is 5.09. The van der Waals surface area contributed by atoms with E-state index in [2.05, 4.69) is 65.5 Å². The smallest absolute Gasteiger partial charge is 0.0614 e. The predicted molar refractivity (Wildman–Crippen MR) is 104 cm³/mol. The van der Waals surface area contributed by atoms with E-state index in [9.17, 15) is 0 Å². The SMILES string of the molecule is CC(C)=CCCC(=CCCC(C)=CCO)CN(C(C)C)C(C)C. The molecule has 0 saturated carbocycles. The van der Waals surface area contributed by atoms with E-state index >= 15 is 0 Å². The third kappa shape index (κ3) is 11.3. The van der Waals surface area contributed by atoms with E-state index in [-0.39, 0.29) is 6.61 Å². The van der Waals surface area contributed by atoms with Crippen LogP contribution in [0.15, 0.2) is 34.9 Å². The molecule has 2 heteroatoms. The quantitative estimate of drug-likeness (QED) is 0.508. The summed E-state index contributed by atoms with van der Waals surface area (Å²) in [6, 6.07) is 1.13. The van der Waals surface area contributed by atoms with Crippen LogP contribution in [0.1, 0.15) is 74.1 Å². The summed E-state index contributed by atoms with van der Waals surface area (Å²) in [7, 11) is 0. The van der Waals surface area contributed by atoms with Gasteiger partial charge in [-0.2, -0.15) is 0 Å². The molecule has 0 aliphatic carbocycles. The van der Waals surface area contributed by atoms with Gasteiger partial charge in [-0.05, 0) is 74.1 Å². The number of allylic oxidation sites excluding steroid dienone is 4. The molecule has 0 aromatic carbocycles. The molecule has 0 bridgehead atoms. The van der Waals surface area contributed by atoms with Crippen LogP contribution in [-0.2, 0) is 0 Å². The maximum Gasteiger partial charge on any atom is 0.0614 e. The summed E-state index contributed by atoms with van der Waals surface area (Å²) < 4.78 is 0. The number of aliphatic hydroxyl groups is 1. The zero-order chi connectivity index (χ0) is 17.8. The zero-order valence-corrected chi connectivity index (χ0v) is 16.5. The van der Waals surface area contributed by atoms with Crippen molar-refractivity contribution < 1.29 is 5.11 Å². The molecular formula is C21H39NO. The van der Waals surface area contributed by atoms with Crippen LogP contribution >= 0.6 is 0 Å². The minimum atomic E-state index is 0.150. The Hall–Kier alpha value is -0.860. The second-order valence-corrected chi connectivity index (χ2v) is 7.31. The van der Waals surface area contributed by atoms with Crippen molar-refractivity contribution >= 4 is 0 Å². The highest BCUT2D eigenvalue weighted by atomic mass is 16.2. The van der Waals surface area contributed by atoms with Crippen molar-refractivity contribution in [2.24, 2.45) is 0 Å². The first-order valence-corrected chi connectivity index (χ1v) is 9.11. The van der Waals surface area contributed by atoms with Crippen LogP contribution in [0.5, 0.6) is 0 Å². The van der Waals surface area contributed by atoms with Gasteiger partial charge in [-0.15, -0.1) is 0 Å². The molecule has 0 rings (SSSR count). The van der Waals surface area contributed by atoms with Crippen molar-refractivity contribution in [3.63, 3.8) is 0 Å². The van der Waals surface area contributed by atoms with Gasteiger partial charge in [0.15, 0.2) is 0 Å². The van der Waals surface area contributed by atoms with E-state index in [1.165, 1.54) is 11.1 Å². The molecule has 2 nitrogen and oxygen atoms in total. The largest absolute Gasteiger partial charge is 0.392 e. The molecule has 0 aromatic heterocycles. The third-order valence-electron chi connectivity index (χ3n) is 4.14. The zero-order valence-electron chi connectivity index (χ0n) is 16.5. The van der Waals surface area contributed by atoms with Crippen molar-refractivity contribution in [2.75, 3.05) is 13.2 Å². The Balaban J connectivity index is 4.84. The maximum absolute atomic E-state index is 8.95. The van der Waals surface area contributed by atoms with Crippen molar-refractivity contribution in [3.05, 3.63) is 34.9 Å². The van der Waals surface area contributed by atoms with Gasteiger partial charge < -0.3 is 5.11 Å². The van der Waals surface area contributed by atoms with Crippen LogP contribution in [0.3, 0.4) is 0 Å². The molecule has 0 aliphatic rings. The van der Waals surface area contributed by atoms with Crippen LogP contribution in [0, 0.1) is 0 Å². The molecule has 23 heavy (non-hydrogen) atoms. The number of aliphatic hydroxyl groups excluding tert-OH is 1. The Kier molecular flexibility index (Phi) is 12.1. The summed E-state index contributed by atoms with van der Waals surface area (Å²) >= 11 is 0. The van der Waals surface area contributed by atoms with E-state index in [1.54, 1.807) is 5.57 Å². The first-order chi connectivity index (χ1) is 10.8. The van der Waals surface area contributed by atoms with Crippen molar-refractivity contribution in [2.45, 2.75) is 86.2 Å². The molecule has 0 aromatic rings. The van der Waals surface area contributed by atoms with E-state index in [0.29, 0.717) is 12.1 Å². The fraction of sp³-hybridized carbons (Fsp3) is 0.714. The minimum absolute atomic E-state index is 0.150. The predicted octanol–water partition coefficient (Wildman–Crippen LogP) is 5.50. The Bertz CT molecular complexity index is 390. The molecule has 0 spiro atoms. The summed E-state index contributed by atoms with van der Waals surface area (Å²) in [5, 5.41) is 8.95. The summed E-state index contributed by atoms with van der Waals surface area (Å²) in [5.74, 6) is 0. The summed E-state index contributed by atoms with van der Waals surface area (Å²) in [6.07, 6.45) is 11.0. The van der Waals surface area contributed by atoms with E-state index < -0.39 is 0 Å². The number of hydrogen-bond acceptors (Lipinski definition) is 2. The molecule has 0 amide bonds.